The van der Waals surface area contributed by atoms with E-state index in [1.807, 2.05) is 45.7 Å². The van der Waals surface area contributed by atoms with Gasteiger partial charge in [0.15, 0.2) is 0 Å². The highest BCUT2D eigenvalue weighted by Gasteiger charge is 2.39. The second-order valence-corrected chi connectivity index (χ2v) is 9.18. The molecule has 8 heteroatoms. The van der Waals surface area contributed by atoms with Gasteiger partial charge in [0.25, 0.3) is 0 Å². The fourth-order valence-electron chi connectivity index (χ4n) is 4.80. The fraction of sp³-hybridized carbons (Fsp3) is 0.423. The van der Waals surface area contributed by atoms with E-state index < -0.39 is 0 Å². The maximum Gasteiger partial charge on any atom is 0.328 e. The van der Waals surface area contributed by atoms with Crippen molar-refractivity contribution in [2.75, 3.05) is 0 Å². The van der Waals surface area contributed by atoms with Gasteiger partial charge in [0.2, 0.25) is 5.82 Å². The predicted molar refractivity (Wildman–Crippen MR) is 131 cm³/mol. The van der Waals surface area contributed by atoms with Crippen LogP contribution < -0.4 is 5.69 Å². The van der Waals surface area contributed by atoms with Crippen LogP contribution in [0.15, 0.2) is 53.6 Å². The number of aromatic amines is 1. The minimum atomic E-state index is 0.112. The summed E-state index contributed by atoms with van der Waals surface area (Å²) in [7, 11) is 0. The van der Waals surface area contributed by atoms with Gasteiger partial charge in [-0.25, -0.2) is 4.79 Å². The molecule has 0 saturated heterocycles. The van der Waals surface area contributed by atoms with E-state index in [-0.39, 0.29) is 5.69 Å². The lowest BCUT2D eigenvalue weighted by atomic mass is 10.0. The molecule has 3 heterocycles. The molecule has 0 spiro atoms. The third kappa shape index (κ3) is 4.44. The molecular formula is C26H31N7O. The number of benzene rings is 1. The van der Waals surface area contributed by atoms with E-state index in [0.29, 0.717) is 24.3 Å². The molecule has 0 radical (unpaired) electrons. The van der Waals surface area contributed by atoms with E-state index in [2.05, 4.69) is 46.7 Å². The molecule has 0 amide bonds. The Hall–Kier alpha value is -3.55. The number of imidazole rings is 1. The summed E-state index contributed by atoms with van der Waals surface area (Å²) in [5.41, 5.74) is 4.90. The van der Waals surface area contributed by atoms with E-state index in [0.717, 1.165) is 53.8 Å². The van der Waals surface area contributed by atoms with Gasteiger partial charge in [0, 0.05) is 35.3 Å². The molecule has 1 aromatic carbocycles. The van der Waals surface area contributed by atoms with Gasteiger partial charge in [-0.3, -0.25) is 14.1 Å². The summed E-state index contributed by atoms with van der Waals surface area (Å²) in [6.07, 6.45) is 10.6. The Kier molecular flexibility index (Phi) is 6.38. The Morgan fingerprint density at radius 3 is 2.65 bits per heavy atom. The molecule has 0 aliphatic heterocycles. The van der Waals surface area contributed by atoms with Crippen molar-refractivity contribution in [1.82, 2.24) is 34.7 Å². The molecule has 3 aromatic heterocycles. The van der Waals surface area contributed by atoms with Crippen LogP contribution in [0.25, 0.3) is 22.6 Å². The van der Waals surface area contributed by atoms with Crippen molar-refractivity contribution in [3.8, 4) is 22.6 Å². The van der Waals surface area contributed by atoms with Crippen molar-refractivity contribution in [3.05, 3.63) is 70.5 Å². The lowest BCUT2D eigenvalue weighted by molar-refractivity contribution is 0.579. The standard InChI is InChI=1S/C26H31N7O/c1-3-5-9-20-17-33(24-14-19(24)8-4-2)26(34)32(20)16-18-12-13-23(27-15-18)21-10-6-7-11-22(21)25-28-30-31-29-25/h6-7,10-13,15,17,19,24H,3-5,8-9,14,16H2,1-2H3,(H,28,29,30,31). The normalized spacial score (nSPS) is 17.2. The van der Waals surface area contributed by atoms with Crippen LogP contribution >= 0.6 is 0 Å². The number of pyridine rings is 1. The van der Waals surface area contributed by atoms with Crippen LogP contribution in [0.4, 0.5) is 0 Å². The van der Waals surface area contributed by atoms with E-state index in [4.69, 9.17) is 4.98 Å². The van der Waals surface area contributed by atoms with Crippen LogP contribution in [0, 0.1) is 5.92 Å². The number of nitrogens with zero attached hydrogens (tertiary/aromatic N) is 6. The van der Waals surface area contributed by atoms with Crippen LogP contribution in [0.3, 0.4) is 0 Å². The van der Waals surface area contributed by atoms with Crippen molar-refractivity contribution < 1.29 is 0 Å². The summed E-state index contributed by atoms with van der Waals surface area (Å²) in [6.45, 7) is 4.94. The topological polar surface area (TPSA) is 94.3 Å². The smallest absolute Gasteiger partial charge is 0.296 e. The zero-order chi connectivity index (χ0) is 23.5. The van der Waals surface area contributed by atoms with E-state index in [9.17, 15) is 4.79 Å². The Morgan fingerprint density at radius 1 is 1.09 bits per heavy atom. The van der Waals surface area contributed by atoms with Crippen LogP contribution in [0.2, 0.25) is 0 Å². The van der Waals surface area contributed by atoms with E-state index >= 15 is 0 Å². The summed E-state index contributed by atoms with van der Waals surface area (Å²) in [5, 5.41) is 14.4. The average molecular weight is 458 g/mol. The highest BCUT2D eigenvalue weighted by Crippen LogP contribution is 2.45. The van der Waals surface area contributed by atoms with E-state index in [1.54, 1.807) is 0 Å². The zero-order valence-corrected chi connectivity index (χ0v) is 19.8. The predicted octanol–water partition coefficient (Wildman–Crippen LogP) is 4.64. The number of unbranched alkanes of at least 4 members (excludes halogenated alkanes) is 1. The number of aryl methyl sites for hydroxylation is 1. The number of hydrogen-bond donors (Lipinski definition) is 1. The quantitative estimate of drug-likeness (QED) is 0.374. The van der Waals surface area contributed by atoms with Gasteiger partial charge in [-0.1, -0.05) is 57.0 Å². The van der Waals surface area contributed by atoms with Crippen LogP contribution in [-0.2, 0) is 13.0 Å². The van der Waals surface area contributed by atoms with Gasteiger partial charge in [0.05, 0.1) is 12.2 Å². The number of aromatic nitrogens is 7. The minimum Gasteiger partial charge on any atom is -0.296 e. The third-order valence-corrected chi connectivity index (χ3v) is 6.73. The second-order valence-electron chi connectivity index (χ2n) is 9.18. The van der Waals surface area contributed by atoms with Gasteiger partial charge in [0.1, 0.15) is 0 Å². The summed E-state index contributed by atoms with van der Waals surface area (Å²) in [6, 6.07) is 12.3. The fourth-order valence-corrected chi connectivity index (χ4v) is 4.80. The monoisotopic (exact) mass is 457 g/mol. The van der Waals surface area contributed by atoms with Crippen molar-refractivity contribution >= 4 is 0 Å². The average Bonchev–Trinajstić information content (AvgIpc) is 3.27. The molecule has 34 heavy (non-hydrogen) atoms. The highest BCUT2D eigenvalue weighted by molar-refractivity contribution is 5.78. The number of tetrazole rings is 1. The summed E-state index contributed by atoms with van der Waals surface area (Å²) < 4.78 is 3.94. The van der Waals surface area contributed by atoms with Crippen molar-refractivity contribution in [2.24, 2.45) is 5.92 Å². The Morgan fingerprint density at radius 2 is 1.94 bits per heavy atom. The maximum absolute atomic E-state index is 13.3. The van der Waals surface area contributed by atoms with Gasteiger partial charge in [-0.05, 0) is 48.4 Å². The van der Waals surface area contributed by atoms with Gasteiger partial charge in [-0.15, -0.1) is 10.2 Å². The SMILES string of the molecule is CCCCc1cn(C2CC2CCC)c(=O)n1Cc1ccc(-c2ccccc2-c2nn[nH]n2)nc1. The summed E-state index contributed by atoms with van der Waals surface area (Å²) in [4.78, 5) is 18.1. The summed E-state index contributed by atoms with van der Waals surface area (Å²) in [5.74, 6) is 1.19. The molecule has 1 N–H and O–H groups in total. The molecule has 1 aliphatic carbocycles. The van der Waals surface area contributed by atoms with Crippen LogP contribution in [0.1, 0.15) is 63.3 Å². The third-order valence-electron chi connectivity index (χ3n) is 6.73. The lowest BCUT2D eigenvalue weighted by Gasteiger charge is -2.09. The maximum atomic E-state index is 13.3. The molecule has 8 nitrogen and oxygen atoms in total. The highest BCUT2D eigenvalue weighted by atomic mass is 16.1. The number of hydrogen-bond acceptors (Lipinski definition) is 5. The van der Waals surface area contributed by atoms with Gasteiger partial charge in [-0.2, -0.15) is 5.21 Å². The Bertz CT molecular complexity index is 1290. The van der Waals surface area contributed by atoms with Gasteiger partial charge < -0.3 is 0 Å². The first kappa shape index (κ1) is 22.3. The molecular weight excluding hydrogens is 426 g/mol. The lowest BCUT2D eigenvalue weighted by Crippen LogP contribution is -2.25. The first-order valence-electron chi connectivity index (χ1n) is 12.3. The number of H-pyrrole nitrogens is 1. The largest absolute Gasteiger partial charge is 0.328 e. The number of nitrogens with one attached hydrogen (secondary N) is 1. The van der Waals surface area contributed by atoms with Gasteiger partial charge >= 0.3 is 5.69 Å². The Balaban J connectivity index is 1.41. The van der Waals surface area contributed by atoms with Crippen molar-refractivity contribution in [2.45, 2.75) is 65.0 Å². The van der Waals surface area contributed by atoms with Crippen LogP contribution in [0.5, 0.6) is 0 Å². The molecule has 176 valence electrons. The molecule has 0 bridgehead atoms. The molecule has 1 aliphatic rings. The van der Waals surface area contributed by atoms with Crippen LogP contribution in [-0.4, -0.2) is 34.7 Å². The van der Waals surface area contributed by atoms with Crippen molar-refractivity contribution in [1.29, 1.82) is 0 Å². The molecule has 4 aromatic rings. The molecule has 1 fully saturated rings. The first-order valence-corrected chi connectivity index (χ1v) is 12.3. The molecule has 5 rings (SSSR count). The zero-order valence-electron chi connectivity index (χ0n) is 19.8. The molecule has 2 unspecified atom stereocenters. The molecule has 1 saturated carbocycles. The first-order chi connectivity index (χ1) is 16.7. The second kappa shape index (κ2) is 9.75. The summed E-state index contributed by atoms with van der Waals surface area (Å²) >= 11 is 0. The Labute approximate surface area is 199 Å². The van der Waals surface area contributed by atoms with Crippen molar-refractivity contribution in [3.63, 3.8) is 0 Å². The minimum absolute atomic E-state index is 0.112. The molecule has 2 atom stereocenters. The van der Waals surface area contributed by atoms with E-state index in [1.165, 1.54) is 12.8 Å². The number of rotatable bonds is 10.